The summed E-state index contributed by atoms with van der Waals surface area (Å²) in [7, 11) is 0. The van der Waals surface area contributed by atoms with Gasteiger partial charge in [0.15, 0.2) is 0 Å². The Bertz CT molecular complexity index is 2220. The van der Waals surface area contributed by atoms with Gasteiger partial charge in [0.25, 0.3) is 24.0 Å². The predicted molar refractivity (Wildman–Crippen MR) is 199 cm³/mol. The first kappa shape index (κ1) is 40.5. The lowest BCUT2D eigenvalue weighted by Crippen LogP contribution is -2.15. The van der Waals surface area contributed by atoms with Crippen LogP contribution in [0.25, 0.3) is 22.3 Å². The van der Waals surface area contributed by atoms with Crippen LogP contribution in [0.15, 0.2) is 133 Å². The number of nitrogens with one attached hydrogen (secondary N) is 1. The van der Waals surface area contributed by atoms with E-state index >= 15 is 0 Å². The first-order chi connectivity index (χ1) is 25.3. The predicted octanol–water partition coefficient (Wildman–Crippen LogP) is 13.1. The molecule has 0 aromatic heterocycles. The maximum Gasteiger partial charge on any atom is 0.264 e. The number of carbonyl (C=O) groups is 2. The molecule has 6 rings (SSSR count). The highest BCUT2D eigenvalue weighted by atomic mass is 35.5. The Kier molecular flexibility index (Phi) is 14.5. The Hall–Kier alpha value is -5.29. The maximum absolute atomic E-state index is 13.8. The molecule has 0 bridgehead atoms. The van der Waals surface area contributed by atoms with Crippen LogP contribution in [0.2, 0.25) is 10.0 Å². The summed E-state index contributed by atoms with van der Waals surface area (Å²) in [5, 5.41) is 1.88. The Balaban J connectivity index is 0.000000196. The monoisotopic (exact) mass is 786 g/mol. The van der Waals surface area contributed by atoms with Crippen LogP contribution in [0.5, 0.6) is 0 Å². The van der Waals surface area contributed by atoms with Crippen molar-refractivity contribution >= 4 is 57.3 Å². The zero-order chi connectivity index (χ0) is 38.7. The molecule has 0 fully saturated rings. The molecule has 6 aromatic rings. The van der Waals surface area contributed by atoms with Crippen LogP contribution < -0.4 is 11.1 Å². The van der Waals surface area contributed by atoms with Crippen molar-refractivity contribution in [2.45, 2.75) is 12.9 Å². The highest BCUT2D eigenvalue weighted by molar-refractivity contribution is 6.67. The number of nitrogen functional groups attached to an aromatic ring is 1. The van der Waals surface area contributed by atoms with E-state index in [1.807, 2.05) is 18.2 Å². The third kappa shape index (κ3) is 10.9. The van der Waals surface area contributed by atoms with Crippen LogP contribution in [-0.2, 0) is 0 Å². The van der Waals surface area contributed by atoms with Gasteiger partial charge < -0.3 is 11.1 Å². The molecule has 4 nitrogen and oxygen atoms in total. The van der Waals surface area contributed by atoms with Gasteiger partial charge in [-0.05, 0) is 71.3 Å². The standard InChI is InChI=1S/C20H13ClF3NO.C12H9ClFN.C8H5ClF2O/c21-16-10-9-12(11-17(16)22)13-5-3-4-8-18(13)25-20(26)15-7-2-1-6-14(15)19(23)24;13-10-6-5-8(7-11(10)14)9-3-1-2-4-12(9)15;9-7(12)5-3-1-2-4-6(5)8(10)11/h1-11,19H,(H,25,26);1-7H,15H2;1-4,8H. The first-order valence-corrected chi connectivity index (χ1v) is 16.5. The largest absolute Gasteiger partial charge is 0.398 e. The van der Waals surface area contributed by atoms with Gasteiger partial charge in [-0.15, -0.1) is 0 Å². The van der Waals surface area contributed by atoms with Crippen LogP contribution in [0.1, 0.15) is 44.7 Å². The van der Waals surface area contributed by atoms with Gasteiger partial charge in [0.1, 0.15) is 11.6 Å². The van der Waals surface area contributed by atoms with Crippen molar-refractivity contribution in [2.24, 2.45) is 0 Å². The number of halogens is 9. The fourth-order valence-electron chi connectivity index (χ4n) is 4.88. The van der Waals surface area contributed by atoms with E-state index in [1.165, 1.54) is 72.8 Å². The zero-order valence-electron chi connectivity index (χ0n) is 27.2. The summed E-state index contributed by atoms with van der Waals surface area (Å²) in [5.41, 5.74) is 8.47. The molecular formula is C40H27Cl3F6N2O2. The van der Waals surface area contributed by atoms with Crippen LogP contribution in [-0.4, -0.2) is 11.1 Å². The molecule has 0 saturated carbocycles. The Morgan fingerprint density at radius 3 is 1.49 bits per heavy atom. The molecule has 1 amide bonds. The molecule has 0 unspecified atom stereocenters. The van der Waals surface area contributed by atoms with E-state index in [-0.39, 0.29) is 32.3 Å². The summed E-state index contributed by atoms with van der Waals surface area (Å²) in [6, 6.07) is 33.9. The lowest BCUT2D eigenvalue weighted by molar-refractivity contribution is 0.101. The molecule has 0 spiro atoms. The van der Waals surface area contributed by atoms with Gasteiger partial charge in [-0.25, -0.2) is 26.3 Å². The number of anilines is 2. The summed E-state index contributed by atoms with van der Waals surface area (Å²) in [6.07, 6.45) is -5.43. The minimum Gasteiger partial charge on any atom is -0.398 e. The SMILES string of the molecule is Nc1ccccc1-c1ccc(Cl)c(F)c1.O=C(Cl)c1ccccc1C(F)F.O=C(Nc1ccccc1-c1ccc(Cl)c(F)c1)c1ccccc1C(F)F. The molecule has 6 aromatic carbocycles. The van der Waals surface area contributed by atoms with E-state index < -0.39 is 35.6 Å². The topological polar surface area (TPSA) is 72.2 Å². The molecule has 0 saturated heterocycles. The van der Waals surface area contributed by atoms with Crippen molar-refractivity contribution in [3.63, 3.8) is 0 Å². The molecule has 53 heavy (non-hydrogen) atoms. The number of para-hydroxylation sites is 2. The molecule has 0 aliphatic rings. The molecule has 0 heterocycles. The van der Waals surface area contributed by atoms with E-state index in [0.29, 0.717) is 22.5 Å². The molecular weight excluding hydrogens is 761 g/mol. The smallest absolute Gasteiger partial charge is 0.264 e. The van der Waals surface area contributed by atoms with Crippen LogP contribution in [0, 0.1) is 11.6 Å². The molecule has 272 valence electrons. The maximum atomic E-state index is 13.8. The van der Waals surface area contributed by atoms with Crippen LogP contribution in [0.4, 0.5) is 37.7 Å². The Morgan fingerprint density at radius 2 is 1.00 bits per heavy atom. The van der Waals surface area contributed by atoms with Gasteiger partial charge in [-0.3, -0.25) is 9.59 Å². The van der Waals surface area contributed by atoms with E-state index in [4.69, 9.17) is 40.5 Å². The number of nitrogens with two attached hydrogens (primary N) is 1. The minimum absolute atomic E-state index is 0.0128. The fourth-order valence-corrected chi connectivity index (χ4v) is 5.29. The summed E-state index contributed by atoms with van der Waals surface area (Å²) >= 11 is 16.4. The lowest BCUT2D eigenvalue weighted by atomic mass is 10.0. The van der Waals surface area contributed by atoms with Crippen LogP contribution in [0.3, 0.4) is 0 Å². The number of benzene rings is 6. The molecule has 0 aliphatic heterocycles. The van der Waals surface area contributed by atoms with Crippen molar-refractivity contribution in [1.29, 1.82) is 0 Å². The quantitative estimate of drug-likeness (QED) is 0.0961. The average molecular weight is 788 g/mol. The van der Waals surface area contributed by atoms with E-state index in [0.717, 1.165) is 11.1 Å². The average Bonchev–Trinajstić information content (AvgIpc) is 3.15. The van der Waals surface area contributed by atoms with Crippen molar-refractivity contribution in [3.05, 3.63) is 177 Å². The summed E-state index contributed by atoms with van der Waals surface area (Å²) in [4.78, 5) is 23.1. The van der Waals surface area contributed by atoms with Crippen LogP contribution >= 0.6 is 34.8 Å². The fraction of sp³-hybridized carbons (Fsp3) is 0.0500. The number of rotatable bonds is 7. The summed E-state index contributed by atoms with van der Waals surface area (Å²) < 4.78 is 77.6. The number of carbonyl (C=O) groups excluding carboxylic acids is 2. The van der Waals surface area contributed by atoms with E-state index in [2.05, 4.69) is 5.32 Å². The molecule has 3 N–H and O–H groups in total. The second kappa shape index (κ2) is 19.0. The molecule has 0 radical (unpaired) electrons. The third-order valence-corrected chi connectivity index (χ3v) is 8.26. The third-order valence-electron chi connectivity index (χ3n) is 7.45. The van der Waals surface area contributed by atoms with Gasteiger partial charge in [0.05, 0.1) is 10.0 Å². The second-order valence-corrected chi connectivity index (χ2v) is 12.1. The van der Waals surface area contributed by atoms with Crippen molar-refractivity contribution in [3.8, 4) is 22.3 Å². The highest BCUT2D eigenvalue weighted by Crippen LogP contribution is 2.32. The zero-order valence-corrected chi connectivity index (χ0v) is 29.4. The number of alkyl halides is 4. The number of amides is 1. The van der Waals surface area contributed by atoms with E-state index in [1.54, 1.807) is 42.5 Å². The Labute approximate surface area is 315 Å². The van der Waals surface area contributed by atoms with Crippen molar-refractivity contribution < 1.29 is 35.9 Å². The molecule has 13 heteroatoms. The molecule has 0 atom stereocenters. The number of hydrogen-bond donors (Lipinski definition) is 2. The lowest BCUT2D eigenvalue weighted by Gasteiger charge is -2.13. The van der Waals surface area contributed by atoms with Gasteiger partial charge in [0, 0.05) is 44.8 Å². The van der Waals surface area contributed by atoms with E-state index in [9.17, 15) is 35.9 Å². The van der Waals surface area contributed by atoms with Gasteiger partial charge in [-0.1, -0.05) is 108 Å². The van der Waals surface area contributed by atoms with Gasteiger partial charge >= 0.3 is 0 Å². The number of hydrogen-bond acceptors (Lipinski definition) is 3. The minimum atomic E-state index is -2.77. The van der Waals surface area contributed by atoms with Crippen molar-refractivity contribution in [2.75, 3.05) is 11.1 Å². The normalized spacial score (nSPS) is 10.5. The molecule has 0 aliphatic carbocycles. The van der Waals surface area contributed by atoms with Gasteiger partial charge in [-0.2, -0.15) is 0 Å². The summed E-state index contributed by atoms with van der Waals surface area (Å²) in [6.45, 7) is 0. The summed E-state index contributed by atoms with van der Waals surface area (Å²) in [5.74, 6) is -1.69. The highest BCUT2D eigenvalue weighted by Gasteiger charge is 2.19. The second-order valence-electron chi connectivity index (χ2n) is 10.9. The van der Waals surface area contributed by atoms with Crippen molar-refractivity contribution in [1.82, 2.24) is 0 Å². The Morgan fingerprint density at radius 1 is 0.566 bits per heavy atom. The van der Waals surface area contributed by atoms with Gasteiger partial charge in [0.2, 0.25) is 0 Å². The first-order valence-electron chi connectivity index (χ1n) is 15.4.